The van der Waals surface area contributed by atoms with E-state index in [-0.39, 0.29) is 11.9 Å². The van der Waals surface area contributed by atoms with Crippen LogP contribution in [0.3, 0.4) is 0 Å². The number of rotatable bonds is 8. The molecule has 108 valence electrons. The fourth-order valence-electron chi connectivity index (χ4n) is 2.22. The number of nitrogens with one attached hydrogen (secondary N) is 1. The van der Waals surface area contributed by atoms with Gasteiger partial charge in [0.2, 0.25) is 0 Å². The first-order valence-corrected chi connectivity index (χ1v) is 7.07. The van der Waals surface area contributed by atoms with Gasteiger partial charge in [-0.25, -0.2) is 4.39 Å². The molecule has 0 fully saturated rings. The van der Waals surface area contributed by atoms with Gasteiger partial charge in [0.05, 0.1) is 17.9 Å². The van der Waals surface area contributed by atoms with Gasteiger partial charge in [-0.05, 0) is 52.5 Å². The van der Waals surface area contributed by atoms with Gasteiger partial charge in [0, 0.05) is 6.04 Å². The second kappa shape index (κ2) is 8.23. The lowest BCUT2D eigenvalue weighted by molar-refractivity contribution is 0.232. The van der Waals surface area contributed by atoms with Gasteiger partial charge in [0.25, 0.3) is 0 Å². The van der Waals surface area contributed by atoms with Crippen LogP contribution in [0.15, 0.2) is 18.3 Å². The molecular weight excluding hydrogens is 241 g/mol. The van der Waals surface area contributed by atoms with Crippen molar-refractivity contribution in [3.05, 3.63) is 29.8 Å². The first-order valence-electron chi connectivity index (χ1n) is 7.07. The van der Waals surface area contributed by atoms with Gasteiger partial charge in [-0.1, -0.05) is 13.3 Å². The summed E-state index contributed by atoms with van der Waals surface area (Å²) < 4.78 is 12.9. The van der Waals surface area contributed by atoms with E-state index < -0.39 is 0 Å². The maximum absolute atomic E-state index is 12.9. The Morgan fingerprint density at radius 2 is 2.11 bits per heavy atom. The lowest BCUT2D eigenvalue weighted by atomic mass is 10.1. The van der Waals surface area contributed by atoms with Gasteiger partial charge in [-0.2, -0.15) is 0 Å². The third kappa shape index (κ3) is 5.25. The van der Waals surface area contributed by atoms with E-state index in [0.717, 1.165) is 18.7 Å². The molecule has 1 aromatic rings. The van der Waals surface area contributed by atoms with Crippen LogP contribution in [-0.2, 0) is 0 Å². The fourth-order valence-corrected chi connectivity index (χ4v) is 2.22. The van der Waals surface area contributed by atoms with E-state index in [1.54, 1.807) is 6.07 Å². The highest BCUT2D eigenvalue weighted by Crippen LogP contribution is 2.15. The summed E-state index contributed by atoms with van der Waals surface area (Å²) in [6.45, 7) is 5.48. The molecule has 2 atom stereocenters. The number of aromatic nitrogens is 1. The van der Waals surface area contributed by atoms with Crippen molar-refractivity contribution in [2.24, 2.45) is 0 Å². The highest BCUT2D eigenvalue weighted by molar-refractivity contribution is 5.09. The van der Waals surface area contributed by atoms with Crippen LogP contribution in [0.5, 0.6) is 0 Å². The molecule has 0 aliphatic heterocycles. The van der Waals surface area contributed by atoms with E-state index in [1.807, 2.05) is 7.05 Å². The van der Waals surface area contributed by atoms with E-state index in [1.165, 1.54) is 25.1 Å². The van der Waals surface area contributed by atoms with Crippen LogP contribution >= 0.6 is 0 Å². The molecule has 1 heterocycles. The first kappa shape index (κ1) is 16.1. The molecule has 0 aliphatic carbocycles. The molecule has 0 bridgehead atoms. The van der Waals surface area contributed by atoms with Crippen molar-refractivity contribution in [3.63, 3.8) is 0 Å². The van der Waals surface area contributed by atoms with Crippen LogP contribution in [0.25, 0.3) is 0 Å². The van der Waals surface area contributed by atoms with Crippen molar-refractivity contribution in [2.75, 3.05) is 20.6 Å². The molecule has 0 saturated carbocycles. The quantitative estimate of drug-likeness (QED) is 0.785. The second-order valence-electron chi connectivity index (χ2n) is 5.15. The SMILES string of the molecule is CCCC(C)N(C)CCC(NC)c1ccc(F)cn1. The molecule has 0 aromatic carbocycles. The summed E-state index contributed by atoms with van der Waals surface area (Å²) in [6.07, 6.45) is 4.68. The number of nitrogens with zero attached hydrogens (tertiary/aromatic N) is 2. The van der Waals surface area contributed by atoms with Crippen molar-refractivity contribution in [1.29, 1.82) is 0 Å². The van der Waals surface area contributed by atoms with Crippen molar-refractivity contribution in [2.45, 2.75) is 45.2 Å². The van der Waals surface area contributed by atoms with Crippen LogP contribution < -0.4 is 5.32 Å². The minimum atomic E-state index is -0.285. The Hall–Kier alpha value is -1.00. The van der Waals surface area contributed by atoms with E-state index >= 15 is 0 Å². The highest BCUT2D eigenvalue weighted by atomic mass is 19.1. The molecule has 4 heteroatoms. The van der Waals surface area contributed by atoms with Gasteiger partial charge in [0.1, 0.15) is 5.82 Å². The predicted molar refractivity (Wildman–Crippen MR) is 77.6 cm³/mol. The minimum absolute atomic E-state index is 0.178. The zero-order valence-electron chi connectivity index (χ0n) is 12.5. The van der Waals surface area contributed by atoms with Crippen molar-refractivity contribution in [1.82, 2.24) is 15.2 Å². The number of hydrogen-bond donors (Lipinski definition) is 1. The van der Waals surface area contributed by atoms with Gasteiger partial charge >= 0.3 is 0 Å². The summed E-state index contributed by atoms with van der Waals surface area (Å²) in [5.41, 5.74) is 0.903. The number of pyridine rings is 1. The minimum Gasteiger partial charge on any atom is -0.312 e. The molecule has 0 aliphatic rings. The Balaban J connectivity index is 2.51. The predicted octanol–water partition coefficient (Wildman–Crippen LogP) is 2.99. The van der Waals surface area contributed by atoms with Crippen molar-refractivity contribution < 1.29 is 4.39 Å². The molecular formula is C15H26FN3. The summed E-state index contributed by atoms with van der Waals surface area (Å²) >= 11 is 0. The second-order valence-corrected chi connectivity index (χ2v) is 5.15. The Morgan fingerprint density at radius 3 is 2.63 bits per heavy atom. The molecule has 0 radical (unpaired) electrons. The zero-order chi connectivity index (χ0) is 14.3. The Labute approximate surface area is 116 Å². The van der Waals surface area contributed by atoms with Crippen LogP contribution in [0.2, 0.25) is 0 Å². The van der Waals surface area contributed by atoms with Crippen LogP contribution in [0.1, 0.15) is 44.8 Å². The average molecular weight is 267 g/mol. The fraction of sp³-hybridized carbons (Fsp3) is 0.667. The third-order valence-corrected chi connectivity index (χ3v) is 3.69. The molecule has 1 aromatic heterocycles. The van der Waals surface area contributed by atoms with Gasteiger partial charge in [-0.3, -0.25) is 4.98 Å². The molecule has 1 N–H and O–H groups in total. The number of halogens is 1. The lowest BCUT2D eigenvalue weighted by Crippen LogP contribution is -2.32. The molecule has 3 nitrogen and oxygen atoms in total. The highest BCUT2D eigenvalue weighted by Gasteiger charge is 2.14. The molecule has 0 spiro atoms. The normalized spacial score (nSPS) is 14.6. The molecule has 2 unspecified atom stereocenters. The monoisotopic (exact) mass is 267 g/mol. The lowest BCUT2D eigenvalue weighted by Gasteiger charge is -2.26. The Bertz CT molecular complexity index is 353. The Kier molecular flexibility index (Phi) is 6.95. The number of hydrogen-bond acceptors (Lipinski definition) is 3. The van der Waals surface area contributed by atoms with Crippen molar-refractivity contribution in [3.8, 4) is 0 Å². The summed E-state index contributed by atoms with van der Waals surface area (Å²) in [5.74, 6) is -0.285. The van der Waals surface area contributed by atoms with Gasteiger partial charge < -0.3 is 10.2 Å². The maximum Gasteiger partial charge on any atom is 0.141 e. The average Bonchev–Trinajstić information content (AvgIpc) is 2.41. The van der Waals surface area contributed by atoms with Crippen molar-refractivity contribution >= 4 is 0 Å². The summed E-state index contributed by atoms with van der Waals surface area (Å²) in [7, 11) is 4.08. The Morgan fingerprint density at radius 1 is 1.37 bits per heavy atom. The maximum atomic E-state index is 12.9. The third-order valence-electron chi connectivity index (χ3n) is 3.69. The smallest absolute Gasteiger partial charge is 0.141 e. The topological polar surface area (TPSA) is 28.2 Å². The molecule has 0 amide bonds. The molecule has 0 saturated heterocycles. The van der Waals surface area contributed by atoms with Crippen LogP contribution in [0, 0.1) is 5.82 Å². The molecule has 19 heavy (non-hydrogen) atoms. The van der Waals surface area contributed by atoms with E-state index in [0.29, 0.717) is 6.04 Å². The summed E-state index contributed by atoms with van der Waals surface area (Å²) in [4.78, 5) is 6.52. The van der Waals surface area contributed by atoms with Gasteiger partial charge in [0.15, 0.2) is 0 Å². The first-order chi connectivity index (χ1) is 9.08. The van der Waals surface area contributed by atoms with E-state index in [9.17, 15) is 4.39 Å². The van der Waals surface area contributed by atoms with Crippen LogP contribution in [-0.4, -0.2) is 36.6 Å². The van der Waals surface area contributed by atoms with Gasteiger partial charge in [-0.15, -0.1) is 0 Å². The summed E-state index contributed by atoms with van der Waals surface area (Å²) in [5, 5.41) is 3.25. The largest absolute Gasteiger partial charge is 0.312 e. The summed E-state index contributed by atoms with van der Waals surface area (Å²) in [6, 6.07) is 4.00. The van der Waals surface area contributed by atoms with Crippen LogP contribution in [0.4, 0.5) is 4.39 Å². The standard InChI is InChI=1S/C15H26FN3/c1-5-6-12(2)19(4)10-9-14(17-3)15-8-7-13(16)11-18-15/h7-8,11-12,14,17H,5-6,9-10H2,1-4H3. The van der Waals surface area contributed by atoms with E-state index in [2.05, 4.69) is 36.1 Å². The molecule has 1 rings (SSSR count). The van der Waals surface area contributed by atoms with E-state index in [4.69, 9.17) is 0 Å². The zero-order valence-corrected chi connectivity index (χ0v) is 12.5.